The van der Waals surface area contributed by atoms with E-state index in [0.717, 1.165) is 11.1 Å². The Morgan fingerprint density at radius 1 is 1.00 bits per heavy atom. The number of hydrogen-bond acceptors (Lipinski definition) is 2. The molecule has 1 heterocycles. The summed E-state index contributed by atoms with van der Waals surface area (Å²) in [4.78, 5) is 25.6. The molecule has 1 fully saturated rings. The number of amides is 2. The summed E-state index contributed by atoms with van der Waals surface area (Å²) in [6.45, 7) is 4.28. The minimum absolute atomic E-state index is 0.290. The lowest BCUT2D eigenvalue weighted by atomic mass is 9.99. The highest BCUT2D eigenvalue weighted by molar-refractivity contribution is 5.98. The third-order valence-corrected chi connectivity index (χ3v) is 5.56. The molecule has 1 aliphatic heterocycles. The Kier molecular flexibility index (Phi) is 6.12. The number of hydrogen-bond donors (Lipinski definition) is 2. The lowest BCUT2D eigenvalue weighted by molar-refractivity contribution is -0.596. The van der Waals surface area contributed by atoms with E-state index in [-0.39, 0.29) is 11.5 Å². The average Bonchev–Trinajstić information content (AvgIpc) is 3.09. The van der Waals surface area contributed by atoms with Crippen LogP contribution in [0.1, 0.15) is 52.9 Å². The van der Waals surface area contributed by atoms with Crippen molar-refractivity contribution in [1.29, 1.82) is 0 Å². The van der Waals surface area contributed by atoms with Gasteiger partial charge in [-0.05, 0) is 47.9 Å². The van der Waals surface area contributed by atoms with E-state index in [2.05, 4.69) is 36.7 Å². The topological polar surface area (TPSA) is 61.2 Å². The lowest BCUT2D eigenvalue weighted by Crippen LogP contribution is -2.42. The maximum atomic E-state index is 13.2. The van der Waals surface area contributed by atoms with Gasteiger partial charge in [-0.15, -0.1) is 10.1 Å². The molecule has 3 aromatic carbocycles. The van der Waals surface area contributed by atoms with Crippen LogP contribution in [0.3, 0.4) is 0 Å². The minimum Gasteiger partial charge on any atom is -0.334 e. The first-order valence-electron chi connectivity index (χ1n) is 10.6. The summed E-state index contributed by atoms with van der Waals surface area (Å²) in [5.41, 5.74) is 6.20. The summed E-state index contributed by atoms with van der Waals surface area (Å²) in [5, 5.41) is 2.82. The van der Waals surface area contributed by atoms with Gasteiger partial charge in [0.1, 0.15) is 5.82 Å². The molecule has 1 saturated heterocycles. The zero-order valence-electron chi connectivity index (χ0n) is 18.0. The fourth-order valence-corrected chi connectivity index (χ4v) is 3.78. The first-order valence-corrected chi connectivity index (χ1v) is 10.6. The molecule has 162 valence electrons. The predicted molar refractivity (Wildman–Crippen MR) is 121 cm³/mol. The van der Waals surface area contributed by atoms with Gasteiger partial charge in [-0.3, -0.25) is 9.59 Å². The van der Waals surface area contributed by atoms with Crippen LogP contribution < -0.4 is 10.7 Å². The zero-order valence-corrected chi connectivity index (χ0v) is 18.0. The summed E-state index contributed by atoms with van der Waals surface area (Å²) in [6.07, 6.45) is 1.86. The van der Waals surface area contributed by atoms with Crippen LogP contribution in [0.15, 0.2) is 78.9 Å². The largest absolute Gasteiger partial charge is 0.334 e. The second kappa shape index (κ2) is 9.14. The van der Waals surface area contributed by atoms with Gasteiger partial charge >= 0.3 is 5.91 Å². The Balaban J connectivity index is 1.66. The number of carbonyl (C=O) groups excluding carboxylic acids is 2. The maximum Gasteiger partial charge on any atom is 0.304 e. The van der Waals surface area contributed by atoms with E-state index in [4.69, 9.17) is 0 Å². The van der Waals surface area contributed by atoms with Crippen LogP contribution in [-0.4, -0.2) is 28.8 Å². The molecule has 1 aliphatic rings. The van der Waals surface area contributed by atoms with Crippen LogP contribution in [0.25, 0.3) is 0 Å². The van der Waals surface area contributed by atoms with Crippen LogP contribution in [-0.2, 0) is 4.79 Å². The first kappa shape index (κ1) is 21.4. The van der Waals surface area contributed by atoms with E-state index in [1.54, 1.807) is 4.68 Å². The monoisotopic (exact) mass is 430 g/mol. The van der Waals surface area contributed by atoms with Gasteiger partial charge in [0.05, 0.1) is 0 Å². The number of carbonyl (C=O) groups is 2. The molecule has 0 aromatic heterocycles. The van der Waals surface area contributed by atoms with Crippen molar-refractivity contribution in [3.05, 3.63) is 107 Å². The van der Waals surface area contributed by atoms with E-state index >= 15 is 0 Å². The van der Waals surface area contributed by atoms with Gasteiger partial charge in [0.25, 0.3) is 5.91 Å². The number of benzene rings is 3. The molecule has 0 saturated carbocycles. The standard InChI is InChI=1S/C26H24FN3O2/c1-17(2)19-10-8-18(9-11-19)16-30-24(20-6-4-3-5-7-20)23(26(32)29-30)28-25(31)21-12-14-22(27)15-13-21/h3-17,23-24H,1-2H3,(H-,28,29,31,32)/p+1/b30-16-/t23-,24-/m0/s1. The molecule has 3 aromatic rings. The molecule has 0 radical (unpaired) electrons. The van der Waals surface area contributed by atoms with Crippen molar-refractivity contribution in [3.63, 3.8) is 0 Å². The van der Waals surface area contributed by atoms with Crippen LogP contribution in [0.2, 0.25) is 0 Å². The molecule has 5 nitrogen and oxygen atoms in total. The number of rotatable bonds is 5. The molecule has 0 unspecified atom stereocenters. The van der Waals surface area contributed by atoms with E-state index in [0.29, 0.717) is 5.92 Å². The number of halogens is 1. The van der Waals surface area contributed by atoms with E-state index < -0.39 is 23.8 Å². The second-order valence-electron chi connectivity index (χ2n) is 8.15. The van der Waals surface area contributed by atoms with Gasteiger partial charge in [-0.1, -0.05) is 56.3 Å². The van der Waals surface area contributed by atoms with Gasteiger partial charge in [0, 0.05) is 16.7 Å². The van der Waals surface area contributed by atoms with Crippen molar-refractivity contribution in [2.45, 2.75) is 31.8 Å². The van der Waals surface area contributed by atoms with Crippen molar-refractivity contribution < 1.29 is 18.7 Å². The third-order valence-electron chi connectivity index (χ3n) is 5.56. The highest BCUT2D eigenvalue weighted by atomic mass is 19.1. The molecule has 2 N–H and O–H groups in total. The van der Waals surface area contributed by atoms with Crippen molar-refractivity contribution in [2.75, 3.05) is 0 Å². The van der Waals surface area contributed by atoms with E-state index in [1.165, 1.54) is 29.8 Å². The molecule has 0 spiro atoms. The molecule has 2 amide bonds. The van der Waals surface area contributed by atoms with Crippen LogP contribution in [0, 0.1) is 5.82 Å². The molecule has 6 heteroatoms. The lowest BCUT2D eigenvalue weighted by Gasteiger charge is -2.14. The third kappa shape index (κ3) is 4.59. The van der Waals surface area contributed by atoms with Gasteiger partial charge in [-0.2, -0.15) is 0 Å². The van der Waals surface area contributed by atoms with Gasteiger partial charge in [0.15, 0.2) is 6.04 Å². The average molecular weight is 431 g/mol. The zero-order chi connectivity index (χ0) is 22.7. The fourth-order valence-electron chi connectivity index (χ4n) is 3.78. The molecule has 0 aliphatic carbocycles. The van der Waals surface area contributed by atoms with Crippen molar-refractivity contribution in [2.24, 2.45) is 0 Å². The summed E-state index contributed by atoms with van der Waals surface area (Å²) in [7, 11) is 0. The molecule has 2 atom stereocenters. The van der Waals surface area contributed by atoms with Crippen LogP contribution >= 0.6 is 0 Å². The van der Waals surface area contributed by atoms with Crippen LogP contribution in [0.4, 0.5) is 4.39 Å². The Morgan fingerprint density at radius 3 is 2.28 bits per heavy atom. The summed E-state index contributed by atoms with van der Waals surface area (Å²) in [5.74, 6) is -0.746. The fraction of sp³-hybridized carbons (Fsp3) is 0.192. The van der Waals surface area contributed by atoms with E-state index in [1.807, 2.05) is 48.7 Å². The van der Waals surface area contributed by atoms with Gasteiger partial charge in [0.2, 0.25) is 12.3 Å². The molecular weight excluding hydrogens is 405 g/mol. The van der Waals surface area contributed by atoms with Crippen molar-refractivity contribution in [3.8, 4) is 0 Å². The number of nitrogens with zero attached hydrogens (tertiary/aromatic N) is 1. The Morgan fingerprint density at radius 2 is 1.66 bits per heavy atom. The molecular formula is C26H25FN3O2+. The van der Waals surface area contributed by atoms with Crippen molar-refractivity contribution >= 4 is 18.0 Å². The Labute approximate surface area is 186 Å². The number of nitrogens with one attached hydrogen (secondary N) is 2. The highest BCUT2D eigenvalue weighted by Crippen LogP contribution is 2.25. The van der Waals surface area contributed by atoms with Crippen molar-refractivity contribution in [1.82, 2.24) is 10.7 Å². The summed E-state index contributed by atoms with van der Waals surface area (Å²) in [6, 6.07) is 21.7. The maximum absolute atomic E-state index is 13.2. The Hall–Kier alpha value is -3.80. The Bertz CT molecular complexity index is 1140. The highest BCUT2D eigenvalue weighted by Gasteiger charge is 2.47. The molecule has 0 bridgehead atoms. The SMILES string of the molecule is CC(C)c1ccc(/C=[N+]2\NC(=O)[C@@H](NC(=O)c3ccc(F)cc3)[C@@H]2c2ccccc2)cc1. The summed E-state index contributed by atoms with van der Waals surface area (Å²) >= 11 is 0. The smallest absolute Gasteiger partial charge is 0.304 e. The quantitative estimate of drug-likeness (QED) is 0.602. The number of hydrazone groups is 1. The molecule has 32 heavy (non-hydrogen) atoms. The van der Waals surface area contributed by atoms with Gasteiger partial charge < -0.3 is 5.32 Å². The van der Waals surface area contributed by atoms with Crippen LogP contribution in [0.5, 0.6) is 0 Å². The molecule has 4 rings (SSSR count). The normalized spacial score (nSPS) is 19.2. The second-order valence-corrected chi connectivity index (χ2v) is 8.15. The predicted octanol–water partition coefficient (Wildman–Crippen LogP) is 3.97. The number of hydrazine groups is 1. The minimum atomic E-state index is -0.818. The first-order chi connectivity index (χ1) is 15.4. The summed E-state index contributed by atoms with van der Waals surface area (Å²) < 4.78 is 15.0. The van der Waals surface area contributed by atoms with Gasteiger partial charge in [-0.25, -0.2) is 4.39 Å². The van der Waals surface area contributed by atoms with E-state index in [9.17, 15) is 14.0 Å².